The predicted octanol–water partition coefficient (Wildman–Crippen LogP) is 3.72. The lowest BCUT2D eigenvalue weighted by Gasteiger charge is -2.32. The van der Waals surface area contributed by atoms with Crippen LogP contribution in [-0.2, 0) is 4.74 Å². The van der Waals surface area contributed by atoms with Gasteiger partial charge in [-0.15, -0.1) is 0 Å². The van der Waals surface area contributed by atoms with Crippen LogP contribution in [0, 0.1) is 5.41 Å². The van der Waals surface area contributed by atoms with Gasteiger partial charge in [0.05, 0.1) is 12.7 Å². The fraction of sp³-hybridized carbons (Fsp3) is 1.00. The molecule has 0 bridgehead atoms. The van der Waals surface area contributed by atoms with Gasteiger partial charge in [0.1, 0.15) is 6.17 Å². The fourth-order valence-electron chi connectivity index (χ4n) is 2.34. The van der Waals surface area contributed by atoms with Gasteiger partial charge in [0.25, 0.3) is 0 Å². The Bertz CT molecular complexity index is 187. The van der Waals surface area contributed by atoms with E-state index < -0.39 is 6.17 Å². The molecule has 0 aliphatic rings. The maximum atomic E-state index is 13.5. The molecular formula is C14H29FO2. The number of rotatable bonds is 10. The van der Waals surface area contributed by atoms with E-state index in [2.05, 4.69) is 6.92 Å². The van der Waals surface area contributed by atoms with E-state index in [1.54, 1.807) is 7.11 Å². The number of aliphatic hydroxyl groups is 1. The molecule has 2 nitrogen and oxygen atoms in total. The third-order valence-electron chi connectivity index (χ3n) is 3.27. The molecule has 17 heavy (non-hydrogen) atoms. The Labute approximate surface area is 106 Å². The minimum Gasteiger partial charge on any atom is -0.393 e. The molecule has 0 radical (unpaired) electrons. The first-order valence-corrected chi connectivity index (χ1v) is 6.78. The minimum absolute atomic E-state index is 0.253. The summed E-state index contributed by atoms with van der Waals surface area (Å²) in [5.41, 5.74) is -0.253. The fourth-order valence-corrected chi connectivity index (χ4v) is 2.34. The third kappa shape index (κ3) is 7.72. The van der Waals surface area contributed by atoms with Crippen molar-refractivity contribution in [2.45, 2.75) is 71.6 Å². The zero-order chi connectivity index (χ0) is 13.3. The highest BCUT2D eigenvalue weighted by atomic mass is 19.1. The summed E-state index contributed by atoms with van der Waals surface area (Å²) in [6.07, 6.45) is 3.41. The van der Waals surface area contributed by atoms with Crippen LogP contribution in [0.1, 0.15) is 59.3 Å². The SMILES string of the molecule is CCCCC(O)CC(C)(COC)CC(F)CC. The van der Waals surface area contributed by atoms with Gasteiger partial charge in [-0.25, -0.2) is 4.39 Å². The van der Waals surface area contributed by atoms with Crippen LogP contribution in [0.2, 0.25) is 0 Å². The van der Waals surface area contributed by atoms with Crippen molar-refractivity contribution in [3.05, 3.63) is 0 Å². The quantitative estimate of drug-likeness (QED) is 0.638. The number of hydrogen-bond donors (Lipinski definition) is 1. The van der Waals surface area contributed by atoms with Crippen LogP contribution in [0.4, 0.5) is 4.39 Å². The lowest BCUT2D eigenvalue weighted by molar-refractivity contribution is 0.0158. The van der Waals surface area contributed by atoms with Gasteiger partial charge < -0.3 is 9.84 Å². The highest BCUT2D eigenvalue weighted by molar-refractivity contribution is 4.80. The van der Waals surface area contributed by atoms with Gasteiger partial charge in [0, 0.05) is 7.11 Å². The summed E-state index contributed by atoms with van der Waals surface area (Å²) in [4.78, 5) is 0. The number of halogens is 1. The first-order valence-electron chi connectivity index (χ1n) is 6.78. The van der Waals surface area contributed by atoms with Gasteiger partial charge in [0.2, 0.25) is 0 Å². The molecule has 0 aromatic heterocycles. The van der Waals surface area contributed by atoms with Crippen LogP contribution in [-0.4, -0.2) is 31.1 Å². The van der Waals surface area contributed by atoms with E-state index in [-0.39, 0.29) is 11.5 Å². The van der Waals surface area contributed by atoms with Crippen molar-refractivity contribution >= 4 is 0 Å². The Morgan fingerprint density at radius 2 is 1.94 bits per heavy atom. The summed E-state index contributed by atoms with van der Waals surface area (Å²) in [7, 11) is 1.63. The Balaban J connectivity index is 4.27. The molecule has 0 heterocycles. The van der Waals surface area contributed by atoms with E-state index in [0.29, 0.717) is 25.9 Å². The molecule has 0 saturated heterocycles. The molecule has 0 aromatic rings. The molecule has 1 N–H and O–H groups in total. The van der Waals surface area contributed by atoms with E-state index in [9.17, 15) is 9.50 Å². The van der Waals surface area contributed by atoms with Crippen LogP contribution < -0.4 is 0 Å². The standard InChI is InChI=1S/C14H29FO2/c1-5-7-8-13(16)10-14(3,11-17-4)9-12(15)6-2/h12-13,16H,5-11H2,1-4H3. The molecule has 104 valence electrons. The maximum Gasteiger partial charge on any atom is 0.100 e. The summed E-state index contributed by atoms with van der Waals surface area (Å²) >= 11 is 0. The summed E-state index contributed by atoms with van der Waals surface area (Å²) in [6, 6.07) is 0. The first-order chi connectivity index (χ1) is 7.97. The van der Waals surface area contributed by atoms with Gasteiger partial charge in [0.15, 0.2) is 0 Å². The van der Waals surface area contributed by atoms with Gasteiger partial charge in [-0.05, 0) is 31.1 Å². The molecule has 0 aliphatic heterocycles. The van der Waals surface area contributed by atoms with E-state index >= 15 is 0 Å². The van der Waals surface area contributed by atoms with Crippen molar-refractivity contribution in [3.63, 3.8) is 0 Å². The van der Waals surface area contributed by atoms with Crippen LogP contribution >= 0.6 is 0 Å². The van der Waals surface area contributed by atoms with E-state index in [1.165, 1.54) is 0 Å². The number of unbranched alkanes of at least 4 members (excludes halogenated alkanes) is 1. The lowest BCUT2D eigenvalue weighted by Crippen LogP contribution is -2.31. The second-order valence-electron chi connectivity index (χ2n) is 5.45. The van der Waals surface area contributed by atoms with Crippen LogP contribution in [0.5, 0.6) is 0 Å². The molecule has 3 unspecified atom stereocenters. The molecule has 0 aromatic carbocycles. The lowest BCUT2D eigenvalue weighted by atomic mass is 9.79. The number of alkyl halides is 1. The van der Waals surface area contributed by atoms with Crippen molar-refractivity contribution < 1.29 is 14.2 Å². The number of methoxy groups -OCH3 is 1. The Kier molecular flexibility index (Phi) is 8.79. The average molecular weight is 248 g/mol. The maximum absolute atomic E-state index is 13.5. The Morgan fingerprint density at radius 1 is 1.29 bits per heavy atom. The molecule has 0 rings (SSSR count). The second kappa shape index (κ2) is 8.87. The summed E-state index contributed by atoms with van der Waals surface area (Å²) in [6.45, 7) is 6.48. The third-order valence-corrected chi connectivity index (χ3v) is 3.27. The van der Waals surface area contributed by atoms with Crippen LogP contribution in [0.15, 0.2) is 0 Å². The minimum atomic E-state index is -0.798. The number of ether oxygens (including phenoxy) is 1. The molecule has 0 spiro atoms. The Morgan fingerprint density at radius 3 is 2.41 bits per heavy atom. The number of hydrogen-bond acceptors (Lipinski definition) is 2. The highest BCUT2D eigenvalue weighted by Gasteiger charge is 2.30. The molecule has 0 fully saturated rings. The molecule has 3 heteroatoms. The Hall–Kier alpha value is -0.150. The van der Waals surface area contributed by atoms with Gasteiger partial charge in [-0.1, -0.05) is 33.6 Å². The zero-order valence-corrected chi connectivity index (χ0v) is 11.8. The normalized spacial score (nSPS) is 18.7. The zero-order valence-electron chi connectivity index (χ0n) is 11.8. The van der Waals surface area contributed by atoms with Gasteiger partial charge in [-0.3, -0.25) is 0 Å². The van der Waals surface area contributed by atoms with Crippen LogP contribution in [0.3, 0.4) is 0 Å². The average Bonchev–Trinajstić information content (AvgIpc) is 2.26. The van der Waals surface area contributed by atoms with Crippen molar-refractivity contribution in [2.24, 2.45) is 5.41 Å². The van der Waals surface area contributed by atoms with E-state index in [0.717, 1.165) is 19.3 Å². The molecule has 3 atom stereocenters. The largest absolute Gasteiger partial charge is 0.393 e. The van der Waals surface area contributed by atoms with Crippen molar-refractivity contribution in [1.29, 1.82) is 0 Å². The van der Waals surface area contributed by atoms with Crippen molar-refractivity contribution in [1.82, 2.24) is 0 Å². The summed E-state index contributed by atoms with van der Waals surface area (Å²) in [5.74, 6) is 0. The predicted molar refractivity (Wildman–Crippen MR) is 69.9 cm³/mol. The van der Waals surface area contributed by atoms with Crippen molar-refractivity contribution in [3.8, 4) is 0 Å². The van der Waals surface area contributed by atoms with E-state index in [1.807, 2.05) is 13.8 Å². The summed E-state index contributed by atoms with van der Waals surface area (Å²) < 4.78 is 18.7. The van der Waals surface area contributed by atoms with Gasteiger partial charge in [-0.2, -0.15) is 0 Å². The number of aliphatic hydroxyl groups excluding tert-OH is 1. The molecular weight excluding hydrogens is 219 g/mol. The monoisotopic (exact) mass is 248 g/mol. The second-order valence-corrected chi connectivity index (χ2v) is 5.45. The van der Waals surface area contributed by atoms with E-state index in [4.69, 9.17) is 4.74 Å². The smallest absolute Gasteiger partial charge is 0.100 e. The molecule has 0 saturated carbocycles. The molecule has 0 amide bonds. The first kappa shape index (κ1) is 16.9. The summed E-state index contributed by atoms with van der Waals surface area (Å²) in [5, 5.41) is 9.95. The van der Waals surface area contributed by atoms with Crippen LogP contribution in [0.25, 0.3) is 0 Å². The highest BCUT2D eigenvalue weighted by Crippen LogP contribution is 2.32. The molecule has 0 aliphatic carbocycles. The topological polar surface area (TPSA) is 29.5 Å². The van der Waals surface area contributed by atoms with Crippen molar-refractivity contribution in [2.75, 3.05) is 13.7 Å². The van der Waals surface area contributed by atoms with Gasteiger partial charge >= 0.3 is 0 Å².